The third-order valence-corrected chi connectivity index (χ3v) is 4.58. The van der Waals surface area contributed by atoms with Crippen LogP contribution in [0, 0.1) is 0 Å². The zero-order chi connectivity index (χ0) is 12.6. The standard InChI is InChI=1S/C10H15F3N2OS/c11-10(12,13)7-2-1-3-8-15(7)9(16)6(14)4-5-17-8/h6-8H,1-5,14H2. The summed E-state index contributed by atoms with van der Waals surface area (Å²) in [6, 6.07) is -2.43. The average Bonchev–Trinajstić information content (AvgIpc) is 2.39. The molecule has 2 saturated heterocycles. The molecule has 2 rings (SSSR count). The normalized spacial score (nSPS) is 35.4. The number of piperidine rings is 1. The largest absolute Gasteiger partial charge is 0.408 e. The van der Waals surface area contributed by atoms with Gasteiger partial charge in [0.1, 0.15) is 6.04 Å². The van der Waals surface area contributed by atoms with Crippen LogP contribution in [0.4, 0.5) is 13.2 Å². The van der Waals surface area contributed by atoms with E-state index in [4.69, 9.17) is 5.73 Å². The number of hydrogen-bond acceptors (Lipinski definition) is 3. The molecule has 3 nitrogen and oxygen atoms in total. The van der Waals surface area contributed by atoms with Crippen LogP contribution in [-0.4, -0.2) is 40.2 Å². The summed E-state index contributed by atoms with van der Waals surface area (Å²) >= 11 is 1.42. The Hall–Kier alpha value is -0.430. The van der Waals surface area contributed by atoms with Gasteiger partial charge in [0.05, 0.1) is 11.4 Å². The van der Waals surface area contributed by atoms with Crippen molar-refractivity contribution in [1.29, 1.82) is 0 Å². The summed E-state index contributed by atoms with van der Waals surface area (Å²) in [6.45, 7) is 0. The third kappa shape index (κ3) is 2.54. The molecule has 0 spiro atoms. The summed E-state index contributed by atoms with van der Waals surface area (Å²) in [4.78, 5) is 12.9. The molecule has 2 heterocycles. The Labute approximate surface area is 102 Å². The van der Waals surface area contributed by atoms with Crippen LogP contribution in [0.5, 0.6) is 0 Å². The van der Waals surface area contributed by atoms with Gasteiger partial charge in [-0.05, 0) is 31.4 Å². The molecule has 2 N–H and O–H groups in total. The van der Waals surface area contributed by atoms with Gasteiger partial charge in [0.25, 0.3) is 0 Å². The quantitative estimate of drug-likeness (QED) is 0.727. The molecule has 2 aliphatic rings. The zero-order valence-electron chi connectivity index (χ0n) is 9.24. The van der Waals surface area contributed by atoms with Crippen LogP contribution in [-0.2, 0) is 4.79 Å². The summed E-state index contributed by atoms with van der Waals surface area (Å²) in [5.74, 6) is 0.112. The summed E-state index contributed by atoms with van der Waals surface area (Å²) in [5, 5.41) is -0.351. The van der Waals surface area contributed by atoms with Crippen molar-refractivity contribution in [2.75, 3.05) is 5.75 Å². The molecular weight excluding hydrogens is 253 g/mol. The molecule has 2 fully saturated rings. The van der Waals surface area contributed by atoms with E-state index in [1.54, 1.807) is 0 Å². The number of rotatable bonds is 0. The first-order chi connectivity index (χ1) is 7.91. The maximum Gasteiger partial charge on any atom is 0.408 e. The minimum atomic E-state index is -4.35. The molecule has 7 heteroatoms. The molecule has 0 aromatic heterocycles. The minimum absolute atomic E-state index is 0.000972. The van der Waals surface area contributed by atoms with Gasteiger partial charge in [0, 0.05) is 0 Å². The van der Waals surface area contributed by atoms with Crippen molar-refractivity contribution < 1.29 is 18.0 Å². The molecule has 98 valence electrons. The Balaban J connectivity index is 2.27. The first-order valence-electron chi connectivity index (χ1n) is 5.67. The Morgan fingerprint density at radius 2 is 2.00 bits per heavy atom. The molecule has 3 unspecified atom stereocenters. The average molecular weight is 268 g/mol. The highest BCUT2D eigenvalue weighted by Crippen LogP contribution is 2.39. The minimum Gasteiger partial charge on any atom is -0.320 e. The number of alkyl halides is 3. The van der Waals surface area contributed by atoms with Crippen molar-refractivity contribution in [2.45, 2.75) is 49.3 Å². The number of amides is 1. The highest BCUT2D eigenvalue weighted by molar-refractivity contribution is 7.99. The van der Waals surface area contributed by atoms with Gasteiger partial charge in [-0.1, -0.05) is 0 Å². The van der Waals surface area contributed by atoms with Gasteiger partial charge < -0.3 is 10.6 Å². The number of nitrogens with zero attached hydrogens (tertiary/aromatic N) is 1. The number of fused-ring (bicyclic) bond motifs is 1. The van der Waals surface area contributed by atoms with Crippen LogP contribution < -0.4 is 5.73 Å². The lowest BCUT2D eigenvalue weighted by atomic mass is 10.00. The van der Waals surface area contributed by atoms with Gasteiger partial charge in [-0.25, -0.2) is 0 Å². The molecule has 2 aliphatic heterocycles. The second kappa shape index (κ2) is 4.68. The molecule has 0 aromatic rings. The first-order valence-corrected chi connectivity index (χ1v) is 6.72. The van der Waals surface area contributed by atoms with Crippen LogP contribution in [0.1, 0.15) is 25.7 Å². The molecular formula is C10H15F3N2OS. The lowest BCUT2D eigenvalue weighted by Crippen LogP contribution is -2.57. The second-order valence-corrected chi connectivity index (χ2v) is 5.74. The number of halogens is 3. The number of carbonyl (C=O) groups excluding carboxylic acids is 1. The Morgan fingerprint density at radius 1 is 1.29 bits per heavy atom. The van der Waals surface area contributed by atoms with E-state index < -0.39 is 24.2 Å². The lowest BCUT2D eigenvalue weighted by Gasteiger charge is -2.42. The second-order valence-electron chi connectivity index (χ2n) is 4.45. The fraction of sp³-hybridized carbons (Fsp3) is 0.900. The summed E-state index contributed by atoms with van der Waals surface area (Å²) < 4.78 is 38.7. The van der Waals surface area contributed by atoms with E-state index in [1.807, 2.05) is 0 Å². The van der Waals surface area contributed by atoms with Crippen molar-refractivity contribution in [3.8, 4) is 0 Å². The third-order valence-electron chi connectivity index (χ3n) is 3.26. The smallest absolute Gasteiger partial charge is 0.320 e. The zero-order valence-corrected chi connectivity index (χ0v) is 10.1. The summed E-state index contributed by atoms with van der Waals surface area (Å²) in [5.41, 5.74) is 5.62. The predicted octanol–water partition coefficient (Wildman–Crippen LogP) is 1.72. The van der Waals surface area contributed by atoms with E-state index in [0.29, 0.717) is 25.0 Å². The molecule has 1 amide bonds. The number of hydrogen-bond donors (Lipinski definition) is 1. The maximum absolute atomic E-state index is 12.9. The van der Waals surface area contributed by atoms with Crippen LogP contribution in [0.3, 0.4) is 0 Å². The monoisotopic (exact) mass is 268 g/mol. The van der Waals surface area contributed by atoms with E-state index >= 15 is 0 Å². The highest BCUT2D eigenvalue weighted by Gasteiger charge is 2.50. The van der Waals surface area contributed by atoms with Gasteiger partial charge in [-0.15, -0.1) is 11.8 Å². The topological polar surface area (TPSA) is 46.3 Å². The summed E-state index contributed by atoms with van der Waals surface area (Å²) in [7, 11) is 0. The van der Waals surface area contributed by atoms with Crippen molar-refractivity contribution >= 4 is 17.7 Å². The van der Waals surface area contributed by atoms with E-state index in [1.165, 1.54) is 11.8 Å². The van der Waals surface area contributed by atoms with E-state index in [0.717, 1.165) is 4.90 Å². The number of carbonyl (C=O) groups is 1. The molecule has 0 bridgehead atoms. The molecule has 17 heavy (non-hydrogen) atoms. The summed E-state index contributed by atoms with van der Waals surface area (Å²) in [6.07, 6.45) is -2.74. The predicted molar refractivity (Wildman–Crippen MR) is 59.4 cm³/mol. The molecule has 0 aliphatic carbocycles. The molecule has 0 aromatic carbocycles. The Morgan fingerprint density at radius 3 is 2.65 bits per heavy atom. The fourth-order valence-corrected chi connectivity index (χ4v) is 3.80. The van der Waals surface area contributed by atoms with Gasteiger partial charge >= 0.3 is 6.18 Å². The van der Waals surface area contributed by atoms with Gasteiger partial charge in [0.15, 0.2) is 0 Å². The van der Waals surface area contributed by atoms with Gasteiger partial charge in [0.2, 0.25) is 5.91 Å². The number of nitrogens with two attached hydrogens (primary N) is 1. The van der Waals surface area contributed by atoms with Crippen molar-refractivity contribution in [1.82, 2.24) is 4.90 Å². The fourth-order valence-electron chi connectivity index (χ4n) is 2.39. The number of thioether (sulfide) groups is 1. The van der Waals surface area contributed by atoms with Gasteiger partial charge in [-0.2, -0.15) is 13.2 Å². The first kappa shape index (κ1) is 13.0. The van der Waals surface area contributed by atoms with Crippen molar-refractivity contribution in [3.05, 3.63) is 0 Å². The van der Waals surface area contributed by atoms with E-state index in [9.17, 15) is 18.0 Å². The highest BCUT2D eigenvalue weighted by atomic mass is 32.2. The lowest BCUT2D eigenvalue weighted by molar-refractivity contribution is -0.198. The van der Waals surface area contributed by atoms with Crippen LogP contribution in [0.15, 0.2) is 0 Å². The Kier molecular flexibility index (Phi) is 3.58. The maximum atomic E-state index is 12.9. The van der Waals surface area contributed by atoms with Crippen molar-refractivity contribution in [3.63, 3.8) is 0 Å². The Bertz CT molecular complexity index is 310. The van der Waals surface area contributed by atoms with E-state index in [-0.39, 0.29) is 11.8 Å². The SMILES string of the molecule is NC1CCSC2CCCC(C(F)(F)F)N2C1=O. The van der Waals surface area contributed by atoms with Gasteiger partial charge in [-0.3, -0.25) is 4.79 Å². The van der Waals surface area contributed by atoms with Crippen LogP contribution >= 0.6 is 11.8 Å². The molecule has 0 radical (unpaired) electrons. The molecule has 3 atom stereocenters. The molecule has 0 saturated carbocycles. The van der Waals surface area contributed by atoms with E-state index in [2.05, 4.69) is 0 Å². The van der Waals surface area contributed by atoms with Crippen LogP contribution in [0.2, 0.25) is 0 Å². The van der Waals surface area contributed by atoms with Crippen LogP contribution in [0.25, 0.3) is 0 Å². The van der Waals surface area contributed by atoms with Crippen molar-refractivity contribution in [2.24, 2.45) is 5.73 Å².